The predicted molar refractivity (Wildman–Crippen MR) is 82.4 cm³/mol. The van der Waals surface area contributed by atoms with Crippen molar-refractivity contribution in [3.63, 3.8) is 0 Å². The highest BCUT2D eigenvalue weighted by Crippen LogP contribution is 2.16. The van der Waals surface area contributed by atoms with Crippen molar-refractivity contribution < 1.29 is 18.0 Å². The van der Waals surface area contributed by atoms with Crippen LogP contribution in [0.4, 0.5) is 13.2 Å². The fourth-order valence-electron chi connectivity index (χ4n) is 2.35. The summed E-state index contributed by atoms with van der Waals surface area (Å²) in [6.07, 6.45) is -0.00243. The van der Waals surface area contributed by atoms with Crippen molar-refractivity contribution in [3.8, 4) is 0 Å². The third-order valence-corrected chi connectivity index (χ3v) is 3.50. The molecule has 9 heteroatoms. The summed E-state index contributed by atoms with van der Waals surface area (Å²) in [5, 5.41) is 0. The highest BCUT2D eigenvalue weighted by Gasteiger charge is 2.20. The number of nitrogens with one attached hydrogen (secondary N) is 2. The summed E-state index contributed by atoms with van der Waals surface area (Å²) in [5.41, 5.74) is 11.7. The number of halogens is 4. The Labute approximate surface area is 138 Å². The zero-order valence-corrected chi connectivity index (χ0v) is 13.3. The third kappa shape index (κ3) is 5.65. The van der Waals surface area contributed by atoms with E-state index < -0.39 is 23.5 Å². The van der Waals surface area contributed by atoms with Crippen molar-refractivity contribution in [1.82, 2.24) is 15.8 Å². The number of rotatable bonds is 4. The van der Waals surface area contributed by atoms with Crippen LogP contribution in [0.15, 0.2) is 12.1 Å². The maximum Gasteiger partial charge on any atom is 0.224 e. The van der Waals surface area contributed by atoms with Gasteiger partial charge in [-0.25, -0.2) is 13.2 Å². The van der Waals surface area contributed by atoms with E-state index in [-0.39, 0.29) is 36.7 Å². The summed E-state index contributed by atoms with van der Waals surface area (Å²) in [4.78, 5) is 13.8. The Morgan fingerprint density at radius 3 is 2.30 bits per heavy atom. The Kier molecular flexibility index (Phi) is 7.77. The van der Waals surface area contributed by atoms with Crippen LogP contribution >= 0.6 is 12.4 Å². The molecule has 0 spiro atoms. The van der Waals surface area contributed by atoms with Gasteiger partial charge in [0.1, 0.15) is 5.82 Å². The molecule has 0 aromatic heterocycles. The van der Waals surface area contributed by atoms with Crippen molar-refractivity contribution in [2.75, 3.05) is 26.2 Å². The lowest BCUT2D eigenvalue weighted by Gasteiger charge is -2.21. The van der Waals surface area contributed by atoms with E-state index in [4.69, 9.17) is 5.73 Å². The van der Waals surface area contributed by atoms with Gasteiger partial charge in [-0.15, -0.1) is 12.4 Å². The maximum atomic E-state index is 13.6. The number of carbonyl (C=O) groups excluding carboxylic acids is 1. The first kappa shape index (κ1) is 19.7. The lowest BCUT2D eigenvalue weighted by atomic mass is 10.0. The highest BCUT2D eigenvalue weighted by molar-refractivity contribution is 5.85. The number of nitrogens with two attached hydrogens (primary N) is 1. The zero-order valence-electron chi connectivity index (χ0n) is 12.4. The van der Waals surface area contributed by atoms with Gasteiger partial charge in [-0.05, 0) is 18.1 Å². The Bertz CT molecular complexity index is 539. The average molecular weight is 353 g/mol. The topological polar surface area (TPSA) is 70.4 Å². The molecule has 0 bridgehead atoms. The zero-order chi connectivity index (χ0) is 16.1. The molecule has 1 aromatic rings. The van der Waals surface area contributed by atoms with Crippen LogP contribution in [0.5, 0.6) is 0 Å². The van der Waals surface area contributed by atoms with E-state index in [2.05, 4.69) is 10.9 Å². The lowest BCUT2D eigenvalue weighted by molar-refractivity contribution is -0.131. The standard InChI is InChI=1S/C14H19F3N4O.ClH/c15-11-8-13(17)12(16)6-9(11)5-10(18)7-14(22)21-3-1-19-20-2-4-21;/h6,8,10,19-20H,1-5,7,18H2;1H/t10-;/m1./s1. The van der Waals surface area contributed by atoms with Crippen LogP contribution in [0.2, 0.25) is 0 Å². The fraction of sp³-hybridized carbons (Fsp3) is 0.500. The second-order valence-corrected chi connectivity index (χ2v) is 5.26. The van der Waals surface area contributed by atoms with Gasteiger partial charge in [0.2, 0.25) is 5.91 Å². The van der Waals surface area contributed by atoms with Crippen LogP contribution in [0.1, 0.15) is 12.0 Å². The van der Waals surface area contributed by atoms with Crippen LogP contribution in [0.3, 0.4) is 0 Å². The summed E-state index contributed by atoms with van der Waals surface area (Å²) < 4.78 is 39.6. The van der Waals surface area contributed by atoms with Gasteiger partial charge in [0.15, 0.2) is 11.6 Å². The monoisotopic (exact) mass is 352 g/mol. The molecule has 0 aliphatic carbocycles. The molecular formula is C14H20ClF3N4O. The van der Waals surface area contributed by atoms with E-state index in [0.717, 1.165) is 6.07 Å². The van der Waals surface area contributed by atoms with Crippen LogP contribution in [-0.2, 0) is 11.2 Å². The molecule has 1 saturated heterocycles. The van der Waals surface area contributed by atoms with Crippen LogP contribution < -0.4 is 16.6 Å². The van der Waals surface area contributed by atoms with Crippen LogP contribution in [0.25, 0.3) is 0 Å². The van der Waals surface area contributed by atoms with Crippen molar-refractivity contribution in [1.29, 1.82) is 0 Å². The molecule has 1 aromatic carbocycles. The van der Waals surface area contributed by atoms with Crippen molar-refractivity contribution in [2.24, 2.45) is 5.73 Å². The number of carbonyl (C=O) groups is 1. The van der Waals surface area contributed by atoms with Gasteiger partial charge >= 0.3 is 0 Å². The molecule has 1 atom stereocenters. The Hall–Kier alpha value is -1.35. The second-order valence-electron chi connectivity index (χ2n) is 5.26. The molecule has 1 fully saturated rings. The smallest absolute Gasteiger partial charge is 0.224 e. The fourth-order valence-corrected chi connectivity index (χ4v) is 2.35. The summed E-state index contributed by atoms with van der Waals surface area (Å²) >= 11 is 0. The molecule has 1 heterocycles. The Balaban J connectivity index is 0.00000264. The molecule has 1 aliphatic heterocycles. The van der Waals surface area contributed by atoms with Gasteiger partial charge in [-0.2, -0.15) is 0 Å². The first-order valence-electron chi connectivity index (χ1n) is 7.10. The Morgan fingerprint density at radius 1 is 1.13 bits per heavy atom. The van der Waals surface area contributed by atoms with Gasteiger partial charge in [0.25, 0.3) is 0 Å². The maximum absolute atomic E-state index is 13.6. The molecule has 1 aliphatic rings. The van der Waals surface area contributed by atoms with Gasteiger partial charge in [-0.3, -0.25) is 15.6 Å². The van der Waals surface area contributed by atoms with E-state index in [0.29, 0.717) is 32.2 Å². The minimum absolute atomic E-state index is 0. The molecule has 0 saturated carbocycles. The minimum atomic E-state index is -1.24. The van der Waals surface area contributed by atoms with Crippen molar-refractivity contribution in [2.45, 2.75) is 18.9 Å². The predicted octanol–water partition coefficient (Wildman–Crippen LogP) is 0.722. The van der Waals surface area contributed by atoms with E-state index in [9.17, 15) is 18.0 Å². The summed E-state index contributed by atoms with van der Waals surface area (Å²) in [7, 11) is 0. The molecule has 130 valence electrons. The third-order valence-electron chi connectivity index (χ3n) is 3.50. The molecule has 0 unspecified atom stereocenters. The molecule has 2 rings (SSSR count). The van der Waals surface area contributed by atoms with Gasteiger partial charge < -0.3 is 10.6 Å². The molecule has 5 nitrogen and oxygen atoms in total. The largest absolute Gasteiger partial charge is 0.340 e. The number of hydrogen-bond acceptors (Lipinski definition) is 4. The molecular weight excluding hydrogens is 333 g/mol. The second kappa shape index (κ2) is 9.07. The molecule has 23 heavy (non-hydrogen) atoms. The van der Waals surface area contributed by atoms with Crippen LogP contribution in [-0.4, -0.2) is 43.0 Å². The van der Waals surface area contributed by atoms with Crippen molar-refractivity contribution in [3.05, 3.63) is 35.1 Å². The number of hydrazine groups is 1. The Morgan fingerprint density at radius 2 is 1.70 bits per heavy atom. The van der Waals surface area contributed by atoms with Crippen LogP contribution in [0, 0.1) is 17.5 Å². The number of hydrogen-bond donors (Lipinski definition) is 3. The van der Waals surface area contributed by atoms with E-state index in [1.165, 1.54) is 0 Å². The lowest BCUT2D eigenvalue weighted by Crippen LogP contribution is -2.39. The summed E-state index contributed by atoms with van der Waals surface area (Å²) in [6.45, 7) is 2.35. The number of benzene rings is 1. The first-order chi connectivity index (χ1) is 10.5. The van der Waals surface area contributed by atoms with E-state index in [1.54, 1.807) is 4.90 Å². The SMILES string of the molecule is Cl.N[C@@H](CC(=O)N1CCNNCC1)Cc1cc(F)c(F)cc1F. The van der Waals surface area contributed by atoms with Gasteiger partial charge in [0.05, 0.1) is 0 Å². The van der Waals surface area contributed by atoms with E-state index >= 15 is 0 Å². The normalized spacial score (nSPS) is 16.4. The molecule has 0 radical (unpaired) electrons. The first-order valence-corrected chi connectivity index (χ1v) is 7.10. The van der Waals surface area contributed by atoms with E-state index in [1.807, 2.05) is 0 Å². The van der Waals surface area contributed by atoms with Gasteiger partial charge in [-0.1, -0.05) is 0 Å². The highest BCUT2D eigenvalue weighted by atomic mass is 35.5. The summed E-state index contributed by atoms with van der Waals surface area (Å²) in [6, 6.07) is 0.621. The minimum Gasteiger partial charge on any atom is -0.340 e. The molecule has 4 N–H and O–H groups in total. The average Bonchev–Trinajstić information content (AvgIpc) is 2.73. The molecule has 1 amide bonds. The summed E-state index contributed by atoms with van der Waals surface area (Å²) in [5.74, 6) is -3.36. The number of amides is 1. The number of nitrogens with zero attached hydrogens (tertiary/aromatic N) is 1. The quantitative estimate of drug-likeness (QED) is 0.698. The van der Waals surface area contributed by atoms with Crippen molar-refractivity contribution >= 4 is 18.3 Å². The van der Waals surface area contributed by atoms with Gasteiger partial charge in [0, 0.05) is 44.7 Å².